The average molecular weight is 470 g/mol. The van der Waals surface area contributed by atoms with Crippen LogP contribution in [-0.2, 0) is 15.8 Å². The van der Waals surface area contributed by atoms with Gasteiger partial charge in [0.05, 0.1) is 11.3 Å². The number of rotatable bonds is 8. The molecule has 0 spiro atoms. The Balaban J connectivity index is 1.97. The average Bonchev–Trinajstić information content (AvgIpc) is 2.78. The van der Waals surface area contributed by atoms with E-state index < -0.39 is 35.2 Å². The Morgan fingerprint density at radius 1 is 1.00 bits per heavy atom. The molecule has 0 aliphatic heterocycles. The van der Waals surface area contributed by atoms with Crippen LogP contribution in [0.4, 0.5) is 42.0 Å². The van der Waals surface area contributed by atoms with E-state index in [1.165, 1.54) is 30.3 Å². The van der Waals surface area contributed by atoms with Crippen molar-refractivity contribution >= 4 is 46.4 Å². The summed E-state index contributed by atoms with van der Waals surface area (Å²) in [6.07, 6.45) is -3.17. The third-order valence-electron chi connectivity index (χ3n) is 4.31. The lowest BCUT2D eigenvalue weighted by atomic mass is 10.1. The molecule has 9 nitrogen and oxygen atoms in total. The van der Waals surface area contributed by atoms with E-state index in [9.17, 15) is 27.6 Å². The van der Waals surface area contributed by atoms with Crippen molar-refractivity contribution in [3.63, 3.8) is 0 Å². The van der Waals surface area contributed by atoms with Crippen molar-refractivity contribution < 1.29 is 27.6 Å². The molecule has 174 valence electrons. The highest BCUT2D eigenvalue weighted by atomic mass is 19.4. The molecule has 1 heterocycles. The fourth-order valence-corrected chi connectivity index (χ4v) is 2.79. The van der Waals surface area contributed by atoms with Gasteiger partial charge < -0.3 is 21.7 Å². The summed E-state index contributed by atoms with van der Waals surface area (Å²) in [5.74, 6) is -3.66. The zero-order chi connectivity index (χ0) is 24.9. The van der Waals surface area contributed by atoms with Gasteiger partial charge in [0.15, 0.2) is 0 Å². The minimum absolute atomic E-state index is 0.101. The predicted octanol–water partition coefficient (Wildman–Crippen LogP) is 3.78. The minimum Gasteiger partial charge on any atom is -0.363 e. The minimum atomic E-state index is -4.82. The van der Waals surface area contributed by atoms with Crippen LogP contribution in [0.1, 0.15) is 15.9 Å². The van der Waals surface area contributed by atoms with E-state index in [1.807, 2.05) is 0 Å². The molecule has 1 aromatic heterocycles. The first-order valence-corrected chi connectivity index (χ1v) is 9.53. The van der Waals surface area contributed by atoms with Crippen molar-refractivity contribution in [2.45, 2.75) is 6.18 Å². The number of amides is 2. The summed E-state index contributed by atoms with van der Waals surface area (Å²) in [5.41, 5.74) is 4.28. The van der Waals surface area contributed by atoms with Crippen molar-refractivity contribution in [2.24, 2.45) is 5.73 Å². The second-order valence-corrected chi connectivity index (χ2v) is 6.72. The number of halogens is 3. The number of hydrogen-bond donors (Lipinski definition) is 4. The molecule has 2 amide bonds. The van der Waals surface area contributed by atoms with Crippen LogP contribution in [0.5, 0.6) is 0 Å². The topological polar surface area (TPSA) is 139 Å². The fraction of sp³-hybridized carbons (Fsp3) is 0.0455. The van der Waals surface area contributed by atoms with E-state index in [2.05, 4.69) is 32.5 Å². The van der Waals surface area contributed by atoms with E-state index in [0.717, 1.165) is 6.08 Å². The van der Waals surface area contributed by atoms with E-state index >= 15 is 0 Å². The molecule has 0 fully saturated rings. The molecule has 3 aromatic rings. The Morgan fingerprint density at radius 2 is 1.71 bits per heavy atom. The van der Waals surface area contributed by atoms with Crippen LogP contribution < -0.4 is 21.7 Å². The number of anilines is 5. The Morgan fingerprint density at radius 3 is 2.38 bits per heavy atom. The summed E-state index contributed by atoms with van der Waals surface area (Å²) >= 11 is 0. The van der Waals surface area contributed by atoms with Gasteiger partial charge in [-0.3, -0.25) is 14.4 Å². The number of primary amides is 1. The van der Waals surface area contributed by atoms with Gasteiger partial charge in [0, 0.05) is 17.6 Å². The Labute approximate surface area is 190 Å². The molecule has 0 saturated carbocycles. The number of alkyl halides is 3. The summed E-state index contributed by atoms with van der Waals surface area (Å²) < 4.78 is 40.7. The monoisotopic (exact) mass is 470 g/mol. The molecule has 0 bridgehead atoms. The Bertz CT molecular complexity index is 1280. The maximum Gasteiger partial charge on any atom is 0.421 e. The van der Waals surface area contributed by atoms with Crippen molar-refractivity contribution in [2.75, 3.05) is 16.0 Å². The maximum absolute atomic E-state index is 13.6. The smallest absolute Gasteiger partial charge is 0.363 e. The van der Waals surface area contributed by atoms with Crippen molar-refractivity contribution in [3.05, 3.63) is 78.5 Å². The van der Waals surface area contributed by atoms with E-state index in [1.54, 1.807) is 18.2 Å². The quantitative estimate of drug-likeness (QED) is 0.223. The summed E-state index contributed by atoms with van der Waals surface area (Å²) in [6.45, 7) is 3.35. The van der Waals surface area contributed by atoms with Crippen molar-refractivity contribution in [1.82, 2.24) is 9.97 Å². The van der Waals surface area contributed by atoms with E-state index in [0.29, 0.717) is 17.6 Å². The van der Waals surface area contributed by atoms with Gasteiger partial charge in [0.1, 0.15) is 11.4 Å². The molecule has 0 aliphatic carbocycles. The molecule has 0 radical (unpaired) electrons. The van der Waals surface area contributed by atoms with Crippen molar-refractivity contribution in [3.8, 4) is 0 Å². The number of carbonyl (C=O) groups is 3. The highest BCUT2D eigenvalue weighted by molar-refractivity contribution is 6.43. The van der Waals surface area contributed by atoms with Gasteiger partial charge >= 0.3 is 6.18 Å². The Kier molecular flexibility index (Phi) is 6.90. The molecule has 0 saturated heterocycles. The molecular formula is C22H17F3N6O3. The van der Waals surface area contributed by atoms with Gasteiger partial charge in [-0.05, 0) is 36.4 Å². The number of nitrogens with zero attached hydrogens (tertiary/aromatic N) is 2. The third-order valence-corrected chi connectivity index (χ3v) is 4.31. The standard InChI is InChI=1S/C22H17F3N6O3/c1-2-17(32)28-12-6-5-7-13(10-12)29-21-27-11-15(22(23,24)25)20(31-21)30-16-9-4-3-8-14(16)18(33)19(26)34/h2-11H,1H2,(H2,26,34)(H,28,32)(H2,27,29,30,31). The van der Waals surface area contributed by atoms with Gasteiger partial charge in [-0.25, -0.2) is 4.98 Å². The largest absolute Gasteiger partial charge is 0.421 e. The summed E-state index contributed by atoms with van der Waals surface area (Å²) in [7, 11) is 0. The first-order valence-electron chi connectivity index (χ1n) is 9.53. The fourth-order valence-electron chi connectivity index (χ4n) is 2.79. The van der Waals surface area contributed by atoms with Crippen LogP contribution in [0, 0.1) is 0 Å². The first-order chi connectivity index (χ1) is 16.1. The van der Waals surface area contributed by atoms with Gasteiger partial charge in [0.25, 0.3) is 11.7 Å². The zero-order valence-corrected chi connectivity index (χ0v) is 17.3. The van der Waals surface area contributed by atoms with Gasteiger partial charge in [-0.1, -0.05) is 24.8 Å². The van der Waals surface area contributed by atoms with Gasteiger partial charge in [-0.15, -0.1) is 0 Å². The van der Waals surface area contributed by atoms with Crippen LogP contribution in [0.2, 0.25) is 0 Å². The number of benzene rings is 2. The third kappa shape index (κ3) is 5.73. The van der Waals surface area contributed by atoms with Gasteiger partial charge in [0.2, 0.25) is 11.9 Å². The van der Waals surface area contributed by atoms with Crippen LogP contribution >= 0.6 is 0 Å². The molecule has 2 aromatic carbocycles. The maximum atomic E-state index is 13.6. The van der Waals surface area contributed by atoms with Crippen LogP contribution in [-0.4, -0.2) is 27.6 Å². The summed E-state index contributed by atoms with van der Waals surface area (Å²) in [6, 6.07) is 11.7. The number of aromatic nitrogens is 2. The summed E-state index contributed by atoms with van der Waals surface area (Å²) in [5, 5.41) is 7.74. The Hall–Kier alpha value is -4.74. The summed E-state index contributed by atoms with van der Waals surface area (Å²) in [4.78, 5) is 42.4. The number of nitrogens with two attached hydrogens (primary N) is 1. The van der Waals surface area contributed by atoms with Crippen LogP contribution in [0.15, 0.2) is 67.4 Å². The molecule has 5 N–H and O–H groups in total. The second-order valence-electron chi connectivity index (χ2n) is 6.72. The molecule has 3 rings (SSSR count). The van der Waals surface area contributed by atoms with E-state index in [-0.39, 0.29) is 17.2 Å². The van der Waals surface area contributed by atoms with Crippen LogP contribution in [0.25, 0.3) is 0 Å². The van der Waals surface area contributed by atoms with Crippen LogP contribution in [0.3, 0.4) is 0 Å². The lowest BCUT2D eigenvalue weighted by Gasteiger charge is -2.16. The highest BCUT2D eigenvalue weighted by Gasteiger charge is 2.35. The number of ketones is 1. The van der Waals surface area contributed by atoms with E-state index in [4.69, 9.17) is 5.73 Å². The second kappa shape index (κ2) is 9.81. The molecule has 12 heteroatoms. The number of nitrogens with one attached hydrogen (secondary N) is 3. The lowest BCUT2D eigenvalue weighted by molar-refractivity contribution is -0.137. The highest BCUT2D eigenvalue weighted by Crippen LogP contribution is 2.36. The first kappa shape index (κ1) is 23.9. The number of Topliss-reactive ketones (excluding diaryl/α,β-unsaturated/α-hetero) is 1. The predicted molar refractivity (Wildman–Crippen MR) is 119 cm³/mol. The molecule has 0 aliphatic rings. The molecule has 0 atom stereocenters. The molecule has 0 unspecified atom stereocenters. The van der Waals surface area contributed by atoms with Crippen molar-refractivity contribution in [1.29, 1.82) is 0 Å². The lowest BCUT2D eigenvalue weighted by Crippen LogP contribution is -2.24. The van der Waals surface area contributed by atoms with Gasteiger partial charge in [-0.2, -0.15) is 18.2 Å². The zero-order valence-electron chi connectivity index (χ0n) is 17.3. The number of carbonyl (C=O) groups excluding carboxylic acids is 3. The molecular weight excluding hydrogens is 453 g/mol. The molecule has 34 heavy (non-hydrogen) atoms. The SMILES string of the molecule is C=CC(=O)Nc1cccc(Nc2ncc(C(F)(F)F)c(Nc3ccccc3C(=O)C(N)=O)n2)c1. The number of hydrogen-bond acceptors (Lipinski definition) is 7. The number of para-hydroxylation sites is 1. The normalized spacial score (nSPS) is 10.8.